The van der Waals surface area contributed by atoms with E-state index in [0.717, 1.165) is 15.7 Å². The molecule has 88 valence electrons. The molecule has 7 heteroatoms. The van der Waals surface area contributed by atoms with Crippen molar-refractivity contribution in [3.05, 3.63) is 45.5 Å². The van der Waals surface area contributed by atoms with E-state index in [4.69, 9.17) is 0 Å². The highest BCUT2D eigenvalue weighted by Gasteiger charge is 2.13. The molecule has 3 nitrogen and oxygen atoms in total. The van der Waals surface area contributed by atoms with Gasteiger partial charge in [-0.25, -0.2) is 23.1 Å². The Morgan fingerprint density at radius 3 is 2.29 bits per heavy atom. The lowest BCUT2D eigenvalue weighted by molar-refractivity contribution is 0.449. The lowest BCUT2D eigenvalue weighted by Crippen LogP contribution is -2.01. The maximum atomic E-state index is 13.3. The highest BCUT2D eigenvalue weighted by atomic mass is 127. The number of aromatic nitrogens is 2. The molecule has 1 aromatic heterocycles. The van der Waals surface area contributed by atoms with Gasteiger partial charge < -0.3 is 5.32 Å². The van der Waals surface area contributed by atoms with E-state index in [9.17, 15) is 13.2 Å². The molecule has 0 amide bonds. The molecule has 0 spiro atoms. The van der Waals surface area contributed by atoms with Gasteiger partial charge in [-0.2, -0.15) is 0 Å². The van der Waals surface area contributed by atoms with Gasteiger partial charge in [0.1, 0.15) is 0 Å². The molecule has 0 saturated heterocycles. The molecule has 0 saturated carbocycles. The standard InChI is InChI=1S/C10H5F3IN3/c11-6-1-2-7(9(13)8(6)12)17-10-15-3-5(14)4-16-10/h1-4H,(H,15,16,17). The average molecular weight is 351 g/mol. The molecule has 0 fully saturated rings. The van der Waals surface area contributed by atoms with Crippen LogP contribution in [0.25, 0.3) is 0 Å². The first kappa shape index (κ1) is 12.1. The summed E-state index contributed by atoms with van der Waals surface area (Å²) < 4.78 is 39.7. The van der Waals surface area contributed by atoms with Gasteiger partial charge in [0.15, 0.2) is 17.5 Å². The largest absolute Gasteiger partial charge is 0.322 e. The predicted molar refractivity (Wildman–Crippen MR) is 64.3 cm³/mol. The fraction of sp³-hybridized carbons (Fsp3) is 0. The minimum absolute atomic E-state index is 0.107. The van der Waals surface area contributed by atoms with E-state index in [0.29, 0.717) is 0 Å². The topological polar surface area (TPSA) is 37.8 Å². The maximum absolute atomic E-state index is 13.3. The zero-order chi connectivity index (χ0) is 12.4. The second-order valence-corrected chi connectivity index (χ2v) is 4.32. The molecule has 1 aromatic carbocycles. The minimum Gasteiger partial charge on any atom is -0.322 e. The number of halogens is 4. The molecule has 0 aliphatic carbocycles. The fourth-order valence-electron chi connectivity index (χ4n) is 1.12. The molecule has 0 aliphatic rings. The van der Waals surface area contributed by atoms with Crippen LogP contribution in [-0.4, -0.2) is 9.97 Å². The minimum atomic E-state index is -1.53. The van der Waals surface area contributed by atoms with Crippen LogP contribution in [0.2, 0.25) is 0 Å². The number of anilines is 2. The Bertz CT molecular complexity index is 545. The molecule has 1 N–H and O–H groups in total. The molecule has 0 atom stereocenters. The maximum Gasteiger partial charge on any atom is 0.227 e. The molecule has 0 radical (unpaired) electrons. The van der Waals surface area contributed by atoms with Crippen molar-refractivity contribution in [2.24, 2.45) is 0 Å². The number of benzene rings is 1. The summed E-state index contributed by atoms with van der Waals surface area (Å²) in [5.74, 6) is -3.96. The number of hydrogen-bond acceptors (Lipinski definition) is 3. The number of hydrogen-bond donors (Lipinski definition) is 1. The normalized spacial score (nSPS) is 10.4. The lowest BCUT2D eigenvalue weighted by atomic mass is 10.3. The summed E-state index contributed by atoms with van der Waals surface area (Å²) in [6.07, 6.45) is 3.02. The molecular weight excluding hydrogens is 346 g/mol. The number of rotatable bonds is 2. The van der Waals surface area contributed by atoms with Crippen molar-refractivity contribution in [3.63, 3.8) is 0 Å². The summed E-state index contributed by atoms with van der Waals surface area (Å²) in [5, 5.41) is 2.46. The Balaban J connectivity index is 2.30. The van der Waals surface area contributed by atoms with Crippen molar-refractivity contribution in [3.8, 4) is 0 Å². The highest BCUT2D eigenvalue weighted by Crippen LogP contribution is 2.21. The second kappa shape index (κ2) is 4.86. The molecule has 2 aromatic rings. The van der Waals surface area contributed by atoms with Crippen molar-refractivity contribution >= 4 is 34.2 Å². The third-order valence-corrected chi connectivity index (χ3v) is 2.46. The number of nitrogens with one attached hydrogen (secondary N) is 1. The molecule has 1 heterocycles. The van der Waals surface area contributed by atoms with E-state index in [2.05, 4.69) is 15.3 Å². The third-order valence-electron chi connectivity index (χ3n) is 1.90. The van der Waals surface area contributed by atoms with Gasteiger partial charge in [-0.1, -0.05) is 0 Å². The van der Waals surface area contributed by atoms with Crippen LogP contribution in [0.15, 0.2) is 24.5 Å². The van der Waals surface area contributed by atoms with Crippen molar-refractivity contribution in [1.29, 1.82) is 0 Å². The Kier molecular flexibility index (Phi) is 3.46. The first-order chi connectivity index (χ1) is 8.08. The van der Waals surface area contributed by atoms with Crippen LogP contribution in [0.3, 0.4) is 0 Å². The first-order valence-electron chi connectivity index (χ1n) is 4.46. The van der Waals surface area contributed by atoms with Crippen LogP contribution in [-0.2, 0) is 0 Å². The predicted octanol–water partition coefficient (Wildman–Crippen LogP) is 3.24. The average Bonchev–Trinajstić information content (AvgIpc) is 2.33. The van der Waals surface area contributed by atoms with Crippen LogP contribution in [0.4, 0.5) is 24.8 Å². The summed E-state index contributed by atoms with van der Waals surface area (Å²) >= 11 is 2.01. The monoisotopic (exact) mass is 351 g/mol. The Morgan fingerprint density at radius 2 is 1.65 bits per heavy atom. The van der Waals surface area contributed by atoms with Crippen molar-refractivity contribution in [1.82, 2.24) is 9.97 Å². The molecule has 0 unspecified atom stereocenters. The van der Waals surface area contributed by atoms with Gasteiger partial charge >= 0.3 is 0 Å². The van der Waals surface area contributed by atoms with Crippen LogP contribution < -0.4 is 5.32 Å². The van der Waals surface area contributed by atoms with Gasteiger partial charge in [0.2, 0.25) is 5.95 Å². The Labute approximate surface area is 108 Å². The van der Waals surface area contributed by atoms with Gasteiger partial charge in [0.05, 0.1) is 5.69 Å². The van der Waals surface area contributed by atoms with Gasteiger partial charge in [-0.3, -0.25) is 0 Å². The lowest BCUT2D eigenvalue weighted by Gasteiger charge is -2.06. The highest BCUT2D eigenvalue weighted by molar-refractivity contribution is 14.1. The quantitative estimate of drug-likeness (QED) is 0.667. The summed E-state index contributed by atoms with van der Waals surface area (Å²) in [4.78, 5) is 7.71. The Hall–Kier alpha value is -1.38. The van der Waals surface area contributed by atoms with E-state index in [1.807, 2.05) is 22.6 Å². The SMILES string of the molecule is Fc1ccc(Nc2ncc(I)cn2)c(F)c1F. The summed E-state index contributed by atoms with van der Waals surface area (Å²) in [6.45, 7) is 0. The third kappa shape index (κ3) is 2.65. The second-order valence-electron chi connectivity index (χ2n) is 3.07. The zero-order valence-electron chi connectivity index (χ0n) is 8.22. The van der Waals surface area contributed by atoms with Crippen LogP contribution in [0.1, 0.15) is 0 Å². The van der Waals surface area contributed by atoms with Crippen LogP contribution in [0, 0.1) is 21.0 Å². The van der Waals surface area contributed by atoms with E-state index in [-0.39, 0.29) is 11.6 Å². The van der Waals surface area contributed by atoms with Gasteiger partial charge in [-0.15, -0.1) is 0 Å². The summed E-state index contributed by atoms with van der Waals surface area (Å²) in [7, 11) is 0. The van der Waals surface area contributed by atoms with E-state index in [1.165, 1.54) is 12.4 Å². The van der Waals surface area contributed by atoms with Crippen LogP contribution in [0.5, 0.6) is 0 Å². The van der Waals surface area contributed by atoms with Crippen molar-refractivity contribution in [2.45, 2.75) is 0 Å². The smallest absolute Gasteiger partial charge is 0.227 e. The number of nitrogens with zero attached hydrogens (tertiary/aromatic N) is 2. The van der Waals surface area contributed by atoms with E-state index >= 15 is 0 Å². The molecular formula is C10H5F3IN3. The van der Waals surface area contributed by atoms with Gasteiger partial charge in [0.25, 0.3) is 0 Å². The molecule has 0 bridgehead atoms. The summed E-state index contributed by atoms with van der Waals surface area (Å²) in [5.41, 5.74) is -0.217. The zero-order valence-corrected chi connectivity index (χ0v) is 10.4. The fourth-order valence-corrected chi connectivity index (χ4v) is 1.40. The van der Waals surface area contributed by atoms with Crippen molar-refractivity contribution < 1.29 is 13.2 Å². The molecule has 17 heavy (non-hydrogen) atoms. The molecule has 2 rings (SSSR count). The molecule has 0 aliphatic heterocycles. The van der Waals surface area contributed by atoms with Gasteiger partial charge in [-0.05, 0) is 34.7 Å². The van der Waals surface area contributed by atoms with Gasteiger partial charge in [0, 0.05) is 16.0 Å². The van der Waals surface area contributed by atoms with E-state index in [1.54, 1.807) is 0 Å². The van der Waals surface area contributed by atoms with Crippen molar-refractivity contribution in [2.75, 3.05) is 5.32 Å². The Morgan fingerprint density at radius 1 is 1.00 bits per heavy atom. The summed E-state index contributed by atoms with van der Waals surface area (Å²) in [6, 6.07) is 1.91. The van der Waals surface area contributed by atoms with E-state index < -0.39 is 17.5 Å². The van der Waals surface area contributed by atoms with Crippen LogP contribution >= 0.6 is 22.6 Å². The first-order valence-corrected chi connectivity index (χ1v) is 5.54.